The number of ether oxygens (including phenoxy) is 1. The summed E-state index contributed by atoms with van der Waals surface area (Å²) in [5.74, 6) is 0.750. The van der Waals surface area contributed by atoms with E-state index in [1.807, 2.05) is 28.8 Å². The number of nitrogens with zero attached hydrogens (tertiary/aromatic N) is 5. The Morgan fingerprint density at radius 3 is 2.30 bits per heavy atom. The molecule has 1 fully saturated rings. The standard InChI is InChI=1S/C21H26ClN5O3/c1-13-9-26(10-14(2)30-13)12-17-23-19-18(20(28)25(4)21(29)24(19)3)27(17)11-15-5-7-16(22)8-6-15/h5-8,13-14H,9-12H2,1-4H3. The Morgan fingerprint density at radius 2 is 1.67 bits per heavy atom. The van der Waals surface area contributed by atoms with Crippen molar-refractivity contribution in [2.75, 3.05) is 13.1 Å². The Balaban J connectivity index is 1.84. The van der Waals surface area contributed by atoms with Gasteiger partial charge in [-0.05, 0) is 31.5 Å². The van der Waals surface area contributed by atoms with E-state index in [-0.39, 0.29) is 23.5 Å². The average Bonchev–Trinajstić information content (AvgIpc) is 3.03. The first-order valence-corrected chi connectivity index (χ1v) is 10.4. The predicted molar refractivity (Wildman–Crippen MR) is 116 cm³/mol. The molecule has 0 radical (unpaired) electrons. The second-order valence-corrected chi connectivity index (χ2v) is 8.51. The van der Waals surface area contributed by atoms with Crippen LogP contribution in [-0.2, 0) is 31.9 Å². The minimum Gasteiger partial charge on any atom is -0.373 e. The van der Waals surface area contributed by atoms with Crippen molar-refractivity contribution in [3.05, 3.63) is 61.5 Å². The first-order valence-electron chi connectivity index (χ1n) is 10.0. The number of aromatic nitrogens is 4. The van der Waals surface area contributed by atoms with Crippen LogP contribution in [0.4, 0.5) is 0 Å². The summed E-state index contributed by atoms with van der Waals surface area (Å²) in [6.45, 7) is 6.71. The number of imidazole rings is 1. The van der Waals surface area contributed by atoms with E-state index in [1.165, 1.54) is 11.6 Å². The van der Waals surface area contributed by atoms with E-state index in [1.54, 1.807) is 7.05 Å². The molecule has 0 aliphatic carbocycles. The van der Waals surface area contributed by atoms with Crippen molar-refractivity contribution in [3.63, 3.8) is 0 Å². The highest BCUT2D eigenvalue weighted by molar-refractivity contribution is 6.30. The van der Waals surface area contributed by atoms with E-state index >= 15 is 0 Å². The molecule has 2 unspecified atom stereocenters. The molecule has 2 aromatic heterocycles. The maximum Gasteiger partial charge on any atom is 0.332 e. The number of aryl methyl sites for hydroxylation is 1. The smallest absolute Gasteiger partial charge is 0.332 e. The highest BCUT2D eigenvalue weighted by Gasteiger charge is 2.25. The molecule has 0 spiro atoms. The van der Waals surface area contributed by atoms with Crippen LogP contribution in [0.15, 0.2) is 33.9 Å². The lowest BCUT2D eigenvalue weighted by atomic mass is 10.2. The van der Waals surface area contributed by atoms with E-state index in [0.29, 0.717) is 29.3 Å². The van der Waals surface area contributed by atoms with Gasteiger partial charge in [-0.2, -0.15) is 0 Å². The van der Waals surface area contributed by atoms with Crippen LogP contribution in [0.3, 0.4) is 0 Å². The molecule has 0 bridgehead atoms. The van der Waals surface area contributed by atoms with E-state index in [4.69, 9.17) is 21.3 Å². The molecule has 0 saturated carbocycles. The van der Waals surface area contributed by atoms with Crippen LogP contribution < -0.4 is 11.2 Å². The number of halogens is 1. The molecule has 3 aromatic rings. The monoisotopic (exact) mass is 431 g/mol. The topological polar surface area (TPSA) is 74.3 Å². The first kappa shape index (κ1) is 20.8. The Labute approximate surface area is 179 Å². The Hall–Kier alpha value is -2.42. The van der Waals surface area contributed by atoms with Crippen LogP contribution >= 0.6 is 11.6 Å². The van der Waals surface area contributed by atoms with Crippen LogP contribution in [0.25, 0.3) is 11.2 Å². The van der Waals surface area contributed by atoms with Crippen LogP contribution in [0, 0.1) is 0 Å². The van der Waals surface area contributed by atoms with Crippen molar-refractivity contribution in [2.45, 2.75) is 39.1 Å². The van der Waals surface area contributed by atoms with Crippen molar-refractivity contribution in [1.82, 2.24) is 23.6 Å². The molecule has 0 N–H and O–H groups in total. The molecule has 0 amide bonds. The van der Waals surface area contributed by atoms with Crippen molar-refractivity contribution in [1.29, 1.82) is 0 Å². The summed E-state index contributed by atoms with van der Waals surface area (Å²) in [4.78, 5) is 32.5. The fourth-order valence-corrected chi connectivity index (χ4v) is 4.29. The van der Waals surface area contributed by atoms with Gasteiger partial charge in [0.2, 0.25) is 0 Å². The van der Waals surface area contributed by atoms with Gasteiger partial charge in [0.05, 0.1) is 18.8 Å². The molecular formula is C21H26ClN5O3. The van der Waals surface area contributed by atoms with Gasteiger partial charge in [0.25, 0.3) is 5.56 Å². The number of fused-ring (bicyclic) bond motifs is 1. The maximum atomic E-state index is 13.0. The Bertz CT molecular complexity index is 1180. The van der Waals surface area contributed by atoms with Crippen molar-refractivity contribution in [2.24, 2.45) is 14.1 Å². The van der Waals surface area contributed by atoms with Gasteiger partial charge >= 0.3 is 5.69 Å². The summed E-state index contributed by atoms with van der Waals surface area (Å²) >= 11 is 6.03. The summed E-state index contributed by atoms with van der Waals surface area (Å²) in [6.07, 6.45) is 0.250. The van der Waals surface area contributed by atoms with Crippen molar-refractivity contribution < 1.29 is 4.74 Å². The predicted octanol–water partition coefficient (Wildman–Crippen LogP) is 1.74. The Morgan fingerprint density at radius 1 is 1.03 bits per heavy atom. The van der Waals surface area contributed by atoms with E-state index in [2.05, 4.69) is 18.7 Å². The molecule has 1 saturated heterocycles. The van der Waals surface area contributed by atoms with Gasteiger partial charge in [-0.1, -0.05) is 23.7 Å². The Kier molecular flexibility index (Phi) is 5.57. The minimum atomic E-state index is -0.385. The van der Waals surface area contributed by atoms with Gasteiger partial charge in [0, 0.05) is 38.8 Å². The second kappa shape index (κ2) is 8.02. The summed E-state index contributed by atoms with van der Waals surface area (Å²) in [7, 11) is 3.14. The largest absolute Gasteiger partial charge is 0.373 e. The number of rotatable bonds is 4. The van der Waals surface area contributed by atoms with Crippen molar-refractivity contribution >= 4 is 22.8 Å². The van der Waals surface area contributed by atoms with Crippen LogP contribution in [-0.4, -0.2) is 48.9 Å². The molecule has 160 valence electrons. The molecule has 3 heterocycles. The van der Waals surface area contributed by atoms with E-state index < -0.39 is 0 Å². The molecule has 30 heavy (non-hydrogen) atoms. The van der Waals surface area contributed by atoms with E-state index in [9.17, 15) is 9.59 Å². The quantitative estimate of drug-likeness (QED) is 0.629. The molecule has 4 rings (SSSR count). The van der Waals surface area contributed by atoms with Gasteiger partial charge in [-0.15, -0.1) is 0 Å². The van der Waals surface area contributed by atoms with Gasteiger partial charge in [-0.25, -0.2) is 9.78 Å². The summed E-state index contributed by atoms with van der Waals surface area (Å²) in [6, 6.07) is 7.52. The summed E-state index contributed by atoms with van der Waals surface area (Å²) in [5, 5.41) is 0.657. The first-order chi connectivity index (χ1) is 14.2. The van der Waals surface area contributed by atoms with Gasteiger partial charge < -0.3 is 9.30 Å². The lowest BCUT2D eigenvalue weighted by molar-refractivity contribution is -0.0712. The zero-order chi connectivity index (χ0) is 21.6. The molecule has 8 nitrogen and oxygen atoms in total. The van der Waals surface area contributed by atoms with E-state index in [0.717, 1.165) is 29.0 Å². The fourth-order valence-electron chi connectivity index (χ4n) is 4.17. The molecule has 2 atom stereocenters. The number of hydrogen-bond acceptors (Lipinski definition) is 5. The number of morpholine rings is 1. The third kappa shape index (κ3) is 3.82. The highest BCUT2D eigenvalue weighted by Crippen LogP contribution is 2.19. The summed E-state index contributed by atoms with van der Waals surface area (Å²) < 4.78 is 10.3. The zero-order valence-corrected chi connectivity index (χ0v) is 18.4. The molecule has 9 heteroatoms. The van der Waals surface area contributed by atoms with Crippen LogP contribution in [0.2, 0.25) is 5.02 Å². The van der Waals surface area contributed by atoms with Crippen LogP contribution in [0.1, 0.15) is 25.2 Å². The van der Waals surface area contributed by atoms with Gasteiger partial charge in [-0.3, -0.25) is 18.8 Å². The molecule has 1 aliphatic rings. The SMILES string of the molecule is CC1CN(Cc2nc3c(c(=O)n(C)c(=O)n3C)n2Cc2ccc(Cl)cc2)CC(C)O1. The average molecular weight is 432 g/mol. The lowest BCUT2D eigenvalue weighted by Crippen LogP contribution is -2.45. The van der Waals surface area contributed by atoms with Gasteiger partial charge in [0.1, 0.15) is 5.82 Å². The molecular weight excluding hydrogens is 406 g/mol. The maximum absolute atomic E-state index is 13.0. The number of benzene rings is 1. The highest BCUT2D eigenvalue weighted by atomic mass is 35.5. The number of hydrogen-bond donors (Lipinski definition) is 0. The second-order valence-electron chi connectivity index (χ2n) is 8.07. The normalized spacial score (nSPS) is 20.2. The van der Waals surface area contributed by atoms with Gasteiger partial charge in [0.15, 0.2) is 11.2 Å². The zero-order valence-electron chi connectivity index (χ0n) is 17.6. The third-order valence-electron chi connectivity index (χ3n) is 5.54. The fraction of sp³-hybridized carbons (Fsp3) is 0.476. The molecule has 1 aromatic carbocycles. The third-order valence-corrected chi connectivity index (χ3v) is 5.79. The molecule has 1 aliphatic heterocycles. The minimum absolute atomic E-state index is 0.125. The summed E-state index contributed by atoms with van der Waals surface area (Å²) in [5.41, 5.74) is 1.10. The van der Waals surface area contributed by atoms with Crippen molar-refractivity contribution in [3.8, 4) is 0 Å². The lowest BCUT2D eigenvalue weighted by Gasteiger charge is -2.35. The van der Waals surface area contributed by atoms with Crippen LogP contribution in [0.5, 0.6) is 0 Å².